The van der Waals surface area contributed by atoms with Crippen LogP contribution in [0.15, 0.2) is 42.6 Å². The lowest BCUT2D eigenvalue weighted by Gasteiger charge is -2.14. The maximum atomic E-state index is 13.3. The van der Waals surface area contributed by atoms with Crippen molar-refractivity contribution in [3.8, 4) is 23.4 Å². The number of carbonyl (C=O) groups is 1. The Balaban J connectivity index is 1.69. The van der Waals surface area contributed by atoms with Gasteiger partial charge in [0.15, 0.2) is 23.1 Å². The van der Waals surface area contributed by atoms with E-state index in [-0.39, 0.29) is 11.4 Å². The molecule has 4 rings (SSSR count). The molecule has 4 aromatic rings. The molecule has 2 aromatic heterocycles. The van der Waals surface area contributed by atoms with Gasteiger partial charge in [0.25, 0.3) is 5.91 Å². The van der Waals surface area contributed by atoms with E-state index in [1.807, 2.05) is 26.8 Å². The fourth-order valence-electron chi connectivity index (χ4n) is 4.20. The van der Waals surface area contributed by atoms with Crippen molar-refractivity contribution >= 4 is 22.6 Å². The molecule has 8 heteroatoms. The largest absolute Gasteiger partial charge is 0.490 e. The molecular formula is C29H31N5O3. The number of carbonyl (C=O) groups excluding carboxylic acids is 1. The van der Waals surface area contributed by atoms with Crippen LogP contribution in [-0.2, 0) is 0 Å². The minimum atomic E-state index is -0.399. The molecule has 0 aliphatic rings. The lowest BCUT2D eigenvalue weighted by molar-refractivity contribution is 0.102. The highest BCUT2D eigenvalue weighted by Crippen LogP contribution is 2.30. The zero-order chi connectivity index (χ0) is 26.5. The molecule has 0 saturated carbocycles. The number of pyridine rings is 1. The first-order valence-electron chi connectivity index (χ1n) is 12.4. The molecule has 190 valence electrons. The van der Waals surface area contributed by atoms with Crippen molar-refractivity contribution in [2.75, 3.05) is 18.5 Å². The number of nitriles is 1. The van der Waals surface area contributed by atoms with E-state index in [2.05, 4.69) is 42.5 Å². The Morgan fingerprint density at radius 1 is 1.05 bits per heavy atom. The van der Waals surface area contributed by atoms with Crippen LogP contribution in [0.2, 0.25) is 0 Å². The number of rotatable bonds is 9. The summed E-state index contributed by atoms with van der Waals surface area (Å²) in [6.45, 7) is 11.1. The molecule has 0 unspecified atom stereocenters. The Morgan fingerprint density at radius 3 is 2.59 bits per heavy atom. The molecule has 0 aliphatic heterocycles. The second-order valence-electron chi connectivity index (χ2n) is 8.96. The van der Waals surface area contributed by atoms with Crippen molar-refractivity contribution in [3.05, 3.63) is 70.4 Å². The van der Waals surface area contributed by atoms with Crippen molar-refractivity contribution in [2.24, 2.45) is 0 Å². The summed E-state index contributed by atoms with van der Waals surface area (Å²) < 4.78 is 13.0. The highest BCUT2D eigenvalue weighted by molar-refractivity contribution is 6.05. The van der Waals surface area contributed by atoms with Crippen LogP contribution >= 0.6 is 0 Å². The molecule has 0 atom stereocenters. The Bertz CT molecular complexity index is 1500. The molecule has 0 saturated heterocycles. The van der Waals surface area contributed by atoms with Gasteiger partial charge in [-0.05, 0) is 75.6 Å². The Morgan fingerprint density at radius 2 is 1.86 bits per heavy atom. The highest BCUT2D eigenvalue weighted by Gasteiger charge is 2.19. The molecule has 37 heavy (non-hydrogen) atoms. The number of nitrogens with zero attached hydrogens (tertiary/aromatic N) is 4. The number of hydrogen-bond donors (Lipinski definition) is 1. The summed E-state index contributed by atoms with van der Waals surface area (Å²) in [6.07, 6.45) is 3.37. The predicted octanol–water partition coefficient (Wildman–Crippen LogP) is 6.05. The van der Waals surface area contributed by atoms with E-state index >= 15 is 0 Å². The van der Waals surface area contributed by atoms with Crippen LogP contribution in [0, 0.1) is 32.1 Å². The molecule has 1 amide bonds. The normalized spacial score (nSPS) is 10.8. The van der Waals surface area contributed by atoms with Gasteiger partial charge in [-0.3, -0.25) is 4.79 Å². The van der Waals surface area contributed by atoms with E-state index in [0.717, 1.165) is 40.4 Å². The fraction of sp³-hybridized carbons (Fsp3) is 0.310. The molecule has 2 heterocycles. The molecule has 1 N–H and O–H groups in total. The van der Waals surface area contributed by atoms with Gasteiger partial charge in [-0.25, -0.2) is 4.98 Å². The van der Waals surface area contributed by atoms with E-state index in [0.29, 0.717) is 36.1 Å². The van der Waals surface area contributed by atoms with E-state index in [1.54, 1.807) is 18.2 Å². The van der Waals surface area contributed by atoms with Gasteiger partial charge < -0.3 is 14.8 Å². The maximum absolute atomic E-state index is 13.3. The van der Waals surface area contributed by atoms with Gasteiger partial charge in [0.1, 0.15) is 11.6 Å². The molecule has 8 nitrogen and oxygen atoms in total. The number of hydrogen-bond acceptors (Lipinski definition) is 6. The predicted molar refractivity (Wildman–Crippen MR) is 144 cm³/mol. The third-order valence-electron chi connectivity index (χ3n) is 6.04. The van der Waals surface area contributed by atoms with Crippen molar-refractivity contribution in [3.63, 3.8) is 0 Å². The number of anilines is 1. The standard InChI is InChI=1S/C29H31N5O3/c1-6-8-11-37-24-10-9-21(15-25(24)36-7-2)29(35)33-28-22(16-30)17-31-34(28)26-14-19(4)23-13-18(3)12-20(5)27(23)32-26/h9-10,12-15,17H,6-8,11H2,1-5H3,(H,33,35). The smallest absolute Gasteiger partial charge is 0.256 e. The summed E-state index contributed by atoms with van der Waals surface area (Å²) in [5.74, 6) is 1.46. The maximum Gasteiger partial charge on any atom is 0.256 e. The van der Waals surface area contributed by atoms with Crippen LogP contribution in [-0.4, -0.2) is 33.9 Å². The molecule has 0 spiro atoms. The SMILES string of the molecule is CCCCOc1ccc(C(=O)Nc2c(C#N)cnn2-c2cc(C)c3cc(C)cc(C)c3n2)cc1OCC. The van der Waals surface area contributed by atoms with Crippen LogP contribution in [0.5, 0.6) is 11.5 Å². The number of ether oxygens (including phenoxy) is 2. The first-order valence-corrected chi connectivity index (χ1v) is 12.4. The highest BCUT2D eigenvalue weighted by atomic mass is 16.5. The molecule has 0 radical (unpaired) electrons. The topological polar surface area (TPSA) is 102 Å². The zero-order valence-electron chi connectivity index (χ0n) is 21.9. The minimum Gasteiger partial charge on any atom is -0.490 e. The van der Waals surface area contributed by atoms with Crippen LogP contribution < -0.4 is 14.8 Å². The number of amides is 1. The number of unbranched alkanes of at least 4 members (excludes halogenated alkanes) is 1. The minimum absolute atomic E-state index is 0.234. The van der Waals surface area contributed by atoms with Gasteiger partial charge >= 0.3 is 0 Å². The van der Waals surface area contributed by atoms with E-state index in [9.17, 15) is 10.1 Å². The number of aryl methyl sites for hydroxylation is 3. The summed E-state index contributed by atoms with van der Waals surface area (Å²) >= 11 is 0. The lowest BCUT2D eigenvalue weighted by Crippen LogP contribution is -2.17. The quantitative estimate of drug-likeness (QED) is 0.283. The second kappa shape index (κ2) is 11.1. The first kappa shape index (κ1) is 25.7. The van der Waals surface area contributed by atoms with E-state index in [4.69, 9.17) is 14.5 Å². The third kappa shape index (κ3) is 5.41. The summed E-state index contributed by atoms with van der Waals surface area (Å²) in [7, 11) is 0. The number of aromatic nitrogens is 3. The number of nitrogens with one attached hydrogen (secondary N) is 1. The van der Waals surface area contributed by atoms with E-state index < -0.39 is 5.91 Å². The third-order valence-corrected chi connectivity index (χ3v) is 6.04. The average Bonchev–Trinajstić information content (AvgIpc) is 3.28. The Kier molecular flexibility index (Phi) is 7.73. The summed E-state index contributed by atoms with van der Waals surface area (Å²) in [4.78, 5) is 18.1. The number of fused-ring (bicyclic) bond motifs is 1. The van der Waals surface area contributed by atoms with Crippen LogP contribution in [0.25, 0.3) is 16.7 Å². The molecular weight excluding hydrogens is 466 g/mol. The van der Waals surface area contributed by atoms with Gasteiger partial charge in [0, 0.05) is 10.9 Å². The average molecular weight is 498 g/mol. The van der Waals surface area contributed by atoms with Gasteiger partial charge in [-0.15, -0.1) is 0 Å². The van der Waals surface area contributed by atoms with Gasteiger partial charge in [0.05, 0.1) is 24.9 Å². The van der Waals surface area contributed by atoms with E-state index in [1.165, 1.54) is 10.9 Å². The van der Waals surface area contributed by atoms with Gasteiger partial charge in [-0.2, -0.15) is 15.0 Å². The lowest BCUT2D eigenvalue weighted by atomic mass is 10.0. The Hall–Kier alpha value is -4.38. The monoisotopic (exact) mass is 497 g/mol. The van der Waals surface area contributed by atoms with Crippen LogP contribution in [0.3, 0.4) is 0 Å². The fourth-order valence-corrected chi connectivity index (χ4v) is 4.20. The summed E-state index contributed by atoms with van der Waals surface area (Å²) in [6, 6.07) is 13.3. The molecule has 0 fully saturated rings. The Labute approximate surface area is 216 Å². The van der Waals surface area contributed by atoms with Gasteiger partial charge in [0.2, 0.25) is 0 Å². The van der Waals surface area contributed by atoms with Crippen molar-refractivity contribution < 1.29 is 14.3 Å². The molecule has 0 bridgehead atoms. The van der Waals surface area contributed by atoms with Crippen molar-refractivity contribution in [2.45, 2.75) is 47.5 Å². The van der Waals surface area contributed by atoms with Crippen LogP contribution in [0.1, 0.15) is 59.3 Å². The molecule has 0 aliphatic carbocycles. The second-order valence-corrected chi connectivity index (χ2v) is 8.96. The summed E-state index contributed by atoms with van der Waals surface area (Å²) in [5, 5.41) is 18.0. The first-order chi connectivity index (χ1) is 17.9. The van der Waals surface area contributed by atoms with Gasteiger partial charge in [-0.1, -0.05) is 25.0 Å². The number of benzene rings is 2. The van der Waals surface area contributed by atoms with Crippen LogP contribution in [0.4, 0.5) is 5.82 Å². The molecule has 2 aromatic carbocycles. The van der Waals surface area contributed by atoms with Crippen molar-refractivity contribution in [1.82, 2.24) is 14.8 Å². The zero-order valence-corrected chi connectivity index (χ0v) is 21.9. The van der Waals surface area contributed by atoms with Crippen molar-refractivity contribution in [1.29, 1.82) is 5.26 Å². The summed E-state index contributed by atoms with van der Waals surface area (Å²) in [5.41, 5.74) is 4.69.